The van der Waals surface area contributed by atoms with Crippen LogP contribution in [0.1, 0.15) is 31.4 Å². The third kappa shape index (κ3) is 7.28. The SMILES string of the molecule is CCCSc1nc(NCc2cc(OC)cc(OC)c2)c2nnn([C@H]3C[C@@H](OCCOS(N)(=O)=O)[C@H](O)[C@@H]3O)c2n1. The molecule has 0 unspecified atom stereocenters. The molecule has 0 bridgehead atoms. The molecule has 3 aromatic rings. The number of fused-ring (bicyclic) bond motifs is 1. The van der Waals surface area contributed by atoms with E-state index in [0.717, 1.165) is 17.7 Å². The third-order valence-corrected chi connectivity index (χ3v) is 7.73. The molecule has 17 heteroatoms. The van der Waals surface area contributed by atoms with Crippen molar-refractivity contribution in [2.45, 2.75) is 55.8 Å². The molecule has 40 heavy (non-hydrogen) atoms. The molecule has 1 aliphatic carbocycles. The normalized spacial score (nSPS) is 21.1. The fourth-order valence-electron chi connectivity index (χ4n) is 4.29. The lowest BCUT2D eigenvalue weighted by Gasteiger charge is -2.17. The molecule has 0 amide bonds. The van der Waals surface area contributed by atoms with Gasteiger partial charge < -0.3 is 29.7 Å². The van der Waals surface area contributed by atoms with E-state index in [1.807, 2.05) is 12.1 Å². The molecule has 1 fully saturated rings. The fourth-order valence-corrected chi connectivity index (χ4v) is 5.29. The molecule has 2 heterocycles. The summed E-state index contributed by atoms with van der Waals surface area (Å²) in [6.07, 6.45) is -2.21. The first kappa shape index (κ1) is 30.2. The Kier molecular flexibility index (Phi) is 9.99. The summed E-state index contributed by atoms with van der Waals surface area (Å²) in [4.78, 5) is 9.30. The van der Waals surface area contributed by atoms with Crippen molar-refractivity contribution in [2.24, 2.45) is 5.14 Å². The minimum Gasteiger partial charge on any atom is -0.497 e. The number of nitrogens with one attached hydrogen (secondary N) is 1. The van der Waals surface area contributed by atoms with E-state index in [1.54, 1.807) is 20.3 Å². The van der Waals surface area contributed by atoms with Crippen LogP contribution in [0.2, 0.25) is 0 Å². The largest absolute Gasteiger partial charge is 0.497 e. The molecule has 0 spiro atoms. The number of hydrogen-bond donors (Lipinski definition) is 4. The van der Waals surface area contributed by atoms with Gasteiger partial charge in [-0.3, -0.25) is 4.18 Å². The van der Waals surface area contributed by atoms with E-state index < -0.39 is 34.7 Å². The zero-order valence-electron chi connectivity index (χ0n) is 22.3. The van der Waals surface area contributed by atoms with Crippen LogP contribution in [0.15, 0.2) is 23.4 Å². The summed E-state index contributed by atoms with van der Waals surface area (Å²) in [6, 6.07) is 4.82. The van der Waals surface area contributed by atoms with Gasteiger partial charge in [-0.05, 0) is 24.1 Å². The number of ether oxygens (including phenoxy) is 3. The van der Waals surface area contributed by atoms with Crippen molar-refractivity contribution in [1.82, 2.24) is 25.0 Å². The number of thioether (sulfide) groups is 1. The van der Waals surface area contributed by atoms with Crippen LogP contribution < -0.4 is 19.9 Å². The maximum absolute atomic E-state index is 10.9. The lowest BCUT2D eigenvalue weighted by molar-refractivity contribution is -0.0612. The van der Waals surface area contributed by atoms with Crippen LogP contribution in [0, 0.1) is 0 Å². The Hall–Kier alpha value is -2.80. The molecule has 4 atom stereocenters. The number of nitrogens with zero attached hydrogens (tertiary/aromatic N) is 5. The molecule has 0 aliphatic heterocycles. The first-order valence-corrected chi connectivity index (χ1v) is 15.0. The van der Waals surface area contributed by atoms with Gasteiger partial charge in [-0.15, -0.1) is 5.10 Å². The van der Waals surface area contributed by atoms with Crippen molar-refractivity contribution in [1.29, 1.82) is 0 Å². The van der Waals surface area contributed by atoms with Crippen molar-refractivity contribution < 1.29 is 37.0 Å². The highest BCUT2D eigenvalue weighted by molar-refractivity contribution is 7.99. The number of methoxy groups -OCH3 is 2. The summed E-state index contributed by atoms with van der Waals surface area (Å²) >= 11 is 1.47. The van der Waals surface area contributed by atoms with Crippen LogP contribution in [-0.4, -0.2) is 95.1 Å². The third-order valence-electron chi connectivity index (χ3n) is 6.19. The highest BCUT2D eigenvalue weighted by Gasteiger charge is 2.44. The number of aromatic nitrogens is 5. The zero-order valence-corrected chi connectivity index (χ0v) is 23.9. The van der Waals surface area contributed by atoms with Crippen LogP contribution in [-0.2, 0) is 25.8 Å². The Morgan fingerprint density at radius 2 is 1.85 bits per heavy atom. The van der Waals surface area contributed by atoms with Gasteiger partial charge in [0.2, 0.25) is 0 Å². The Morgan fingerprint density at radius 1 is 1.12 bits per heavy atom. The molecular formula is C23H33N7O8S2. The van der Waals surface area contributed by atoms with Gasteiger partial charge in [0, 0.05) is 24.8 Å². The minimum atomic E-state index is -4.11. The van der Waals surface area contributed by atoms with Gasteiger partial charge in [0.05, 0.1) is 39.6 Å². The zero-order chi connectivity index (χ0) is 28.9. The van der Waals surface area contributed by atoms with E-state index >= 15 is 0 Å². The smallest absolute Gasteiger partial charge is 0.333 e. The first-order valence-electron chi connectivity index (χ1n) is 12.5. The predicted molar refractivity (Wildman–Crippen MR) is 145 cm³/mol. The molecule has 4 rings (SSSR count). The fraction of sp³-hybridized carbons (Fsp3) is 0.565. The molecule has 0 radical (unpaired) electrons. The van der Waals surface area contributed by atoms with Gasteiger partial charge in [0.1, 0.15) is 23.7 Å². The van der Waals surface area contributed by atoms with Crippen LogP contribution >= 0.6 is 11.8 Å². The molecule has 2 aromatic heterocycles. The lowest BCUT2D eigenvalue weighted by Crippen LogP contribution is -2.33. The van der Waals surface area contributed by atoms with Gasteiger partial charge in [-0.2, -0.15) is 8.42 Å². The summed E-state index contributed by atoms with van der Waals surface area (Å²) in [6.45, 7) is 1.95. The topological polar surface area (TPSA) is 206 Å². The summed E-state index contributed by atoms with van der Waals surface area (Å²) in [5.41, 5.74) is 1.66. The number of anilines is 1. The van der Waals surface area contributed by atoms with Crippen molar-refractivity contribution in [3.05, 3.63) is 23.8 Å². The Labute approximate surface area is 235 Å². The van der Waals surface area contributed by atoms with Crippen molar-refractivity contribution >= 4 is 39.0 Å². The van der Waals surface area contributed by atoms with E-state index in [-0.39, 0.29) is 19.6 Å². The number of aliphatic hydroxyl groups excluding tert-OH is 2. The molecule has 1 aliphatic rings. The lowest BCUT2D eigenvalue weighted by atomic mass is 10.2. The van der Waals surface area contributed by atoms with Gasteiger partial charge in [-0.25, -0.2) is 19.8 Å². The van der Waals surface area contributed by atoms with E-state index in [0.29, 0.717) is 40.2 Å². The number of benzene rings is 1. The summed E-state index contributed by atoms with van der Waals surface area (Å²) < 4.78 is 44.1. The summed E-state index contributed by atoms with van der Waals surface area (Å²) in [5, 5.41) is 38.6. The second-order valence-electron chi connectivity index (χ2n) is 8.99. The maximum atomic E-state index is 10.9. The van der Waals surface area contributed by atoms with Crippen LogP contribution in [0.3, 0.4) is 0 Å². The van der Waals surface area contributed by atoms with E-state index in [1.165, 1.54) is 16.4 Å². The van der Waals surface area contributed by atoms with Gasteiger partial charge >= 0.3 is 10.3 Å². The van der Waals surface area contributed by atoms with Crippen LogP contribution in [0.25, 0.3) is 11.2 Å². The van der Waals surface area contributed by atoms with Crippen LogP contribution in [0.5, 0.6) is 11.5 Å². The molecule has 1 aromatic carbocycles. The van der Waals surface area contributed by atoms with Gasteiger partial charge in [0.15, 0.2) is 22.1 Å². The number of nitrogens with two attached hydrogens (primary N) is 1. The molecule has 220 valence electrons. The Bertz CT molecular complexity index is 1390. The number of aliphatic hydroxyl groups is 2. The monoisotopic (exact) mass is 599 g/mol. The average molecular weight is 600 g/mol. The van der Waals surface area contributed by atoms with Gasteiger partial charge in [-0.1, -0.05) is 23.9 Å². The number of rotatable bonds is 14. The predicted octanol–water partition coefficient (Wildman–Crippen LogP) is 0.625. The Morgan fingerprint density at radius 3 is 2.50 bits per heavy atom. The minimum absolute atomic E-state index is 0.154. The second-order valence-corrected chi connectivity index (χ2v) is 11.3. The number of hydrogen-bond acceptors (Lipinski definition) is 14. The van der Waals surface area contributed by atoms with Gasteiger partial charge in [0.25, 0.3) is 0 Å². The standard InChI is InChI=1S/C23H33N7O8S2/c1-4-7-39-23-26-21(25-12-13-8-14(35-2)10-15(9-13)36-3)18-22(27-23)30(29-28-18)16-11-17(20(32)19(16)31)37-5-6-38-40(24,33)34/h8-10,16-17,19-20,31-32H,4-7,11-12H2,1-3H3,(H2,24,33,34)(H,25,26,27)/t16-,17+,19+,20-/m0/s1. The van der Waals surface area contributed by atoms with Crippen molar-refractivity contribution in [2.75, 3.05) is 38.5 Å². The molecule has 1 saturated carbocycles. The highest BCUT2D eigenvalue weighted by atomic mass is 32.2. The van der Waals surface area contributed by atoms with Crippen molar-refractivity contribution in [3.63, 3.8) is 0 Å². The van der Waals surface area contributed by atoms with E-state index in [9.17, 15) is 18.6 Å². The molecule has 5 N–H and O–H groups in total. The summed E-state index contributed by atoms with van der Waals surface area (Å²) in [7, 11) is -0.946. The van der Waals surface area contributed by atoms with E-state index in [4.69, 9.17) is 19.3 Å². The summed E-state index contributed by atoms with van der Waals surface area (Å²) in [5.74, 6) is 2.55. The maximum Gasteiger partial charge on any atom is 0.333 e. The quantitative estimate of drug-likeness (QED) is 0.114. The first-order chi connectivity index (χ1) is 19.1. The Balaban J connectivity index is 1.58. The molecular weight excluding hydrogens is 566 g/mol. The molecule has 0 saturated heterocycles. The highest BCUT2D eigenvalue weighted by Crippen LogP contribution is 2.35. The van der Waals surface area contributed by atoms with Crippen molar-refractivity contribution in [3.8, 4) is 11.5 Å². The van der Waals surface area contributed by atoms with E-state index in [2.05, 4.69) is 36.7 Å². The molecule has 15 nitrogen and oxygen atoms in total. The average Bonchev–Trinajstić information content (AvgIpc) is 3.48. The van der Waals surface area contributed by atoms with Crippen LogP contribution in [0.4, 0.5) is 5.82 Å². The second kappa shape index (κ2) is 13.2.